The van der Waals surface area contributed by atoms with Crippen molar-refractivity contribution in [3.8, 4) is 17.0 Å². The van der Waals surface area contributed by atoms with Gasteiger partial charge in [0.15, 0.2) is 5.82 Å². The highest BCUT2D eigenvalue weighted by Crippen LogP contribution is 2.38. The van der Waals surface area contributed by atoms with Crippen LogP contribution in [0.3, 0.4) is 0 Å². The zero-order valence-corrected chi connectivity index (χ0v) is 21.6. The van der Waals surface area contributed by atoms with Crippen molar-refractivity contribution in [2.45, 2.75) is 43.9 Å². The minimum atomic E-state index is -4.57. The highest BCUT2D eigenvalue weighted by Gasteiger charge is 2.33. The first kappa shape index (κ1) is 26.6. The predicted molar refractivity (Wildman–Crippen MR) is 137 cm³/mol. The van der Waals surface area contributed by atoms with Gasteiger partial charge < -0.3 is 10.4 Å². The molecule has 2 fully saturated rings. The van der Waals surface area contributed by atoms with Gasteiger partial charge in [0, 0.05) is 48.9 Å². The van der Waals surface area contributed by atoms with Crippen molar-refractivity contribution in [3.63, 3.8) is 0 Å². The average molecular weight is 551 g/mol. The van der Waals surface area contributed by atoms with E-state index in [4.69, 9.17) is 0 Å². The molecule has 1 aromatic carbocycles. The van der Waals surface area contributed by atoms with Crippen LogP contribution < -0.4 is 5.32 Å². The first-order chi connectivity index (χ1) is 18.0. The van der Waals surface area contributed by atoms with Crippen LogP contribution in [-0.4, -0.2) is 82.4 Å². The van der Waals surface area contributed by atoms with Gasteiger partial charge in [-0.25, -0.2) is 12.7 Å². The number of nitrogens with one attached hydrogen (secondary N) is 1. The van der Waals surface area contributed by atoms with Gasteiger partial charge in [-0.05, 0) is 62.6 Å². The number of phenols is 1. The number of aromatic hydroxyl groups is 1. The number of piperidine rings is 2. The molecule has 3 aromatic rings. The molecule has 0 amide bonds. The van der Waals surface area contributed by atoms with E-state index in [0.29, 0.717) is 41.9 Å². The number of alkyl halides is 3. The Labute approximate surface area is 218 Å². The molecule has 2 aliphatic heterocycles. The van der Waals surface area contributed by atoms with Crippen molar-refractivity contribution in [2.24, 2.45) is 0 Å². The van der Waals surface area contributed by atoms with Gasteiger partial charge in [-0.1, -0.05) is 0 Å². The molecule has 2 aliphatic rings. The highest BCUT2D eigenvalue weighted by atomic mass is 32.2. The molecule has 4 heterocycles. The molecule has 2 aromatic heterocycles. The van der Waals surface area contributed by atoms with E-state index in [0.717, 1.165) is 44.8 Å². The number of sulfonamides is 1. The van der Waals surface area contributed by atoms with Gasteiger partial charge >= 0.3 is 6.18 Å². The summed E-state index contributed by atoms with van der Waals surface area (Å²) < 4.78 is 64.4. The smallest absolute Gasteiger partial charge is 0.416 e. The zero-order valence-electron chi connectivity index (χ0n) is 20.8. The Hall–Kier alpha value is -3.03. The molecular formula is C25H29F3N6O3S. The van der Waals surface area contributed by atoms with Gasteiger partial charge in [-0.3, -0.25) is 9.88 Å². The number of fused-ring (bicyclic) bond motifs is 1. The summed E-state index contributed by atoms with van der Waals surface area (Å²) in [7, 11) is -3.17. The standard InChI is InChI=1S/C25H29F3N6O3S/c1-38(36,37)34-12-8-18(9-13-34)33-11-3-4-17(15-33)30-24-23-20(5-2-10-29-23)22(31-32-24)19-7-6-16(14-21(19)35)25(26,27)28/h2,5-7,10,14,17-18,35H,3-4,8-9,11-13,15H2,1H3,(H,30,32)/t17-/m1/s1. The van der Waals surface area contributed by atoms with Crippen LogP contribution in [-0.2, 0) is 16.2 Å². The molecule has 5 rings (SSSR count). The molecule has 0 saturated carbocycles. The molecule has 0 spiro atoms. The van der Waals surface area contributed by atoms with Crippen LogP contribution in [0.1, 0.15) is 31.2 Å². The van der Waals surface area contributed by atoms with Gasteiger partial charge in [0.05, 0.1) is 11.8 Å². The largest absolute Gasteiger partial charge is 0.507 e. The van der Waals surface area contributed by atoms with E-state index in [9.17, 15) is 26.7 Å². The second-order valence-electron chi connectivity index (χ2n) is 9.90. The van der Waals surface area contributed by atoms with Crippen molar-refractivity contribution in [3.05, 3.63) is 42.1 Å². The van der Waals surface area contributed by atoms with E-state index >= 15 is 0 Å². The van der Waals surface area contributed by atoms with E-state index in [1.54, 1.807) is 18.3 Å². The lowest BCUT2D eigenvalue weighted by Gasteiger charge is -2.42. The third kappa shape index (κ3) is 5.54. The van der Waals surface area contributed by atoms with Crippen molar-refractivity contribution in [1.82, 2.24) is 24.4 Å². The van der Waals surface area contributed by atoms with Crippen LogP contribution in [0.5, 0.6) is 5.75 Å². The molecule has 0 aliphatic carbocycles. The first-order valence-corrected chi connectivity index (χ1v) is 14.3. The Bertz CT molecular complexity index is 1430. The third-order valence-electron chi connectivity index (χ3n) is 7.32. The lowest BCUT2D eigenvalue weighted by atomic mass is 9.98. The lowest BCUT2D eigenvalue weighted by molar-refractivity contribution is -0.137. The van der Waals surface area contributed by atoms with Gasteiger partial charge in [-0.15, -0.1) is 10.2 Å². The molecule has 2 saturated heterocycles. The molecule has 204 valence electrons. The Morgan fingerprint density at radius 3 is 2.53 bits per heavy atom. The van der Waals surface area contributed by atoms with Crippen LogP contribution in [0.15, 0.2) is 36.5 Å². The maximum absolute atomic E-state index is 13.1. The molecule has 2 N–H and O–H groups in total. The van der Waals surface area contributed by atoms with E-state index in [1.165, 1.54) is 16.6 Å². The number of likely N-dealkylation sites (tertiary alicyclic amines) is 1. The number of halogens is 3. The van der Waals surface area contributed by atoms with Crippen molar-refractivity contribution in [1.29, 1.82) is 0 Å². The number of anilines is 1. The van der Waals surface area contributed by atoms with E-state index in [-0.39, 0.29) is 17.3 Å². The summed E-state index contributed by atoms with van der Waals surface area (Å²) in [4.78, 5) is 6.86. The number of phenolic OH excluding ortho intramolecular Hbond substituents is 1. The fourth-order valence-electron chi connectivity index (χ4n) is 5.38. The monoisotopic (exact) mass is 550 g/mol. The summed E-state index contributed by atoms with van der Waals surface area (Å²) in [6.45, 7) is 2.76. The summed E-state index contributed by atoms with van der Waals surface area (Å²) in [6, 6.07) is 6.60. The second kappa shape index (κ2) is 10.3. The summed E-state index contributed by atoms with van der Waals surface area (Å²) in [5, 5.41) is 23.0. The van der Waals surface area contributed by atoms with Gasteiger partial charge in [-0.2, -0.15) is 13.2 Å². The Kier molecular flexibility index (Phi) is 7.18. The molecule has 9 nitrogen and oxygen atoms in total. The molecule has 1 atom stereocenters. The lowest BCUT2D eigenvalue weighted by Crippen LogP contribution is -2.51. The normalized spacial score (nSPS) is 20.6. The molecule has 0 radical (unpaired) electrons. The van der Waals surface area contributed by atoms with Crippen LogP contribution in [0.4, 0.5) is 19.0 Å². The predicted octanol–water partition coefficient (Wildman–Crippen LogP) is 3.72. The Morgan fingerprint density at radius 1 is 1.08 bits per heavy atom. The average Bonchev–Trinajstić information content (AvgIpc) is 2.88. The quantitative estimate of drug-likeness (QED) is 0.495. The fourth-order valence-corrected chi connectivity index (χ4v) is 6.25. The van der Waals surface area contributed by atoms with E-state index in [2.05, 4.69) is 25.4 Å². The minimum Gasteiger partial charge on any atom is -0.507 e. The second-order valence-corrected chi connectivity index (χ2v) is 11.9. The number of nitrogens with zero attached hydrogens (tertiary/aromatic N) is 5. The van der Waals surface area contributed by atoms with E-state index in [1.807, 2.05) is 0 Å². The summed E-state index contributed by atoms with van der Waals surface area (Å²) in [5.74, 6) is -0.0701. The topological polar surface area (TPSA) is 112 Å². The summed E-state index contributed by atoms with van der Waals surface area (Å²) >= 11 is 0. The molecule has 0 unspecified atom stereocenters. The summed E-state index contributed by atoms with van der Waals surface area (Å²) in [5.41, 5.74) is -0.0567. The zero-order chi connectivity index (χ0) is 27.1. The van der Waals surface area contributed by atoms with Crippen molar-refractivity contribution >= 4 is 26.7 Å². The Balaban J connectivity index is 1.35. The van der Waals surface area contributed by atoms with Crippen molar-refractivity contribution < 1.29 is 26.7 Å². The third-order valence-corrected chi connectivity index (χ3v) is 8.62. The van der Waals surface area contributed by atoms with Gasteiger partial charge in [0.1, 0.15) is 17.0 Å². The van der Waals surface area contributed by atoms with Gasteiger partial charge in [0.25, 0.3) is 0 Å². The number of benzene rings is 1. The molecule has 0 bridgehead atoms. The highest BCUT2D eigenvalue weighted by molar-refractivity contribution is 7.88. The number of rotatable bonds is 5. The van der Waals surface area contributed by atoms with Crippen LogP contribution in [0.25, 0.3) is 22.2 Å². The number of hydrogen-bond donors (Lipinski definition) is 2. The maximum Gasteiger partial charge on any atom is 0.416 e. The van der Waals surface area contributed by atoms with Crippen molar-refractivity contribution in [2.75, 3.05) is 37.8 Å². The fraction of sp³-hybridized carbons (Fsp3) is 0.480. The number of hydrogen-bond acceptors (Lipinski definition) is 8. The Morgan fingerprint density at radius 2 is 1.84 bits per heavy atom. The van der Waals surface area contributed by atoms with Crippen LogP contribution >= 0.6 is 0 Å². The molecule has 38 heavy (non-hydrogen) atoms. The number of pyridine rings is 1. The number of aromatic nitrogens is 3. The van der Waals surface area contributed by atoms with Gasteiger partial charge in [0.2, 0.25) is 10.0 Å². The first-order valence-electron chi connectivity index (χ1n) is 12.5. The minimum absolute atomic E-state index is 0.0708. The van der Waals surface area contributed by atoms with Crippen LogP contribution in [0, 0.1) is 0 Å². The molecule has 13 heteroatoms. The van der Waals surface area contributed by atoms with E-state index < -0.39 is 27.5 Å². The van der Waals surface area contributed by atoms with Crippen LogP contribution in [0.2, 0.25) is 0 Å². The molecular weight excluding hydrogens is 521 g/mol. The maximum atomic E-state index is 13.1. The summed E-state index contributed by atoms with van der Waals surface area (Å²) in [6.07, 6.45) is 1.74. The SMILES string of the molecule is CS(=O)(=O)N1CCC(N2CCC[C@@H](Nc3nnc(-c4ccc(C(F)(F)F)cc4O)c4cccnc34)C2)CC1.